The van der Waals surface area contributed by atoms with Gasteiger partial charge in [0.1, 0.15) is 5.75 Å². The minimum atomic E-state index is -2.90. The molecule has 1 heterocycles. The minimum Gasteiger partial charge on any atom is -0.466 e. The Hall–Kier alpha value is -2.18. The third-order valence-electron chi connectivity index (χ3n) is 3.92. The number of ether oxygens (including phenoxy) is 2. The number of alkyl halides is 2. The molecule has 1 unspecified atom stereocenters. The van der Waals surface area contributed by atoms with Crippen LogP contribution in [-0.2, 0) is 9.53 Å². The Morgan fingerprint density at radius 1 is 1.25 bits per heavy atom. The molecule has 5 nitrogen and oxygen atoms in total. The topological polar surface area (TPSA) is 55.8 Å². The second-order valence-corrected chi connectivity index (χ2v) is 5.56. The Morgan fingerprint density at radius 3 is 2.58 bits per heavy atom. The molecule has 1 fully saturated rings. The quantitative estimate of drug-likeness (QED) is 0.746. The summed E-state index contributed by atoms with van der Waals surface area (Å²) in [7, 11) is 0. The van der Waals surface area contributed by atoms with Gasteiger partial charge in [0, 0.05) is 18.2 Å². The molecule has 1 aromatic carbocycles. The third kappa shape index (κ3) is 4.91. The molecule has 1 aliphatic heterocycles. The number of rotatable bonds is 6. The maximum atomic E-state index is 12.7. The summed E-state index contributed by atoms with van der Waals surface area (Å²) in [6.45, 7) is -0.281. The highest BCUT2D eigenvalue weighted by Crippen LogP contribution is 2.23. The molecule has 1 aliphatic rings. The highest BCUT2D eigenvalue weighted by molar-refractivity contribution is 5.94. The third-order valence-corrected chi connectivity index (χ3v) is 3.92. The molecule has 1 atom stereocenters. The molecule has 0 spiro atoms. The summed E-state index contributed by atoms with van der Waals surface area (Å²) in [5.41, 5.74) is 0.382. The van der Waals surface area contributed by atoms with Gasteiger partial charge in [0.25, 0.3) is 5.91 Å². The first-order chi connectivity index (χ1) is 11.5. The first-order valence-electron chi connectivity index (χ1n) is 8.02. The van der Waals surface area contributed by atoms with Crippen LogP contribution in [0.25, 0.3) is 0 Å². The average Bonchev–Trinajstić information content (AvgIpc) is 2.55. The molecule has 2 rings (SSSR count). The van der Waals surface area contributed by atoms with Crippen LogP contribution in [0.3, 0.4) is 0 Å². The van der Waals surface area contributed by atoms with Crippen LogP contribution < -0.4 is 4.74 Å². The smallest absolute Gasteiger partial charge is 0.387 e. The van der Waals surface area contributed by atoms with Gasteiger partial charge in [-0.2, -0.15) is 8.78 Å². The molecule has 1 aromatic rings. The number of hydrogen-bond acceptors (Lipinski definition) is 4. The molecule has 132 valence electrons. The zero-order chi connectivity index (χ0) is 17.5. The summed E-state index contributed by atoms with van der Waals surface area (Å²) in [6, 6.07) is 5.39. The molecule has 0 saturated carbocycles. The van der Waals surface area contributed by atoms with Crippen LogP contribution in [0.15, 0.2) is 24.3 Å². The first kappa shape index (κ1) is 18.2. The number of carbonyl (C=O) groups is 2. The highest BCUT2D eigenvalue weighted by Gasteiger charge is 2.29. The van der Waals surface area contributed by atoms with Crippen molar-refractivity contribution in [1.29, 1.82) is 0 Å². The van der Waals surface area contributed by atoms with Gasteiger partial charge in [0.2, 0.25) is 0 Å². The van der Waals surface area contributed by atoms with Crippen molar-refractivity contribution in [3.8, 4) is 5.75 Å². The van der Waals surface area contributed by atoms with Crippen LogP contribution in [0.5, 0.6) is 5.75 Å². The molecule has 0 bridgehead atoms. The van der Waals surface area contributed by atoms with E-state index in [4.69, 9.17) is 4.74 Å². The fraction of sp³-hybridized carbons (Fsp3) is 0.529. The zero-order valence-corrected chi connectivity index (χ0v) is 13.5. The van der Waals surface area contributed by atoms with E-state index in [0.717, 1.165) is 19.3 Å². The lowest BCUT2D eigenvalue weighted by atomic mass is 9.98. The largest absolute Gasteiger partial charge is 0.466 e. The summed E-state index contributed by atoms with van der Waals surface area (Å²) in [5, 5.41) is 0. The van der Waals surface area contributed by atoms with Crippen molar-refractivity contribution in [2.45, 2.75) is 45.3 Å². The van der Waals surface area contributed by atoms with Gasteiger partial charge in [-0.25, -0.2) is 0 Å². The first-order valence-corrected chi connectivity index (χ1v) is 8.02. The maximum absolute atomic E-state index is 12.7. The van der Waals surface area contributed by atoms with Crippen molar-refractivity contribution < 1.29 is 27.8 Å². The van der Waals surface area contributed by atoms with Crippen molar-refractivity contribution in [2.75, 3.05) is 13.2 Å². The molecule has 7 heteroatoms. The predicted molar refractivity (Wildman–Crippen MR) is 83.0 cm³/mol. The molecule has 0 N–H and O–H groups in total. The van der Waals surface area contributed by atoms with Crippen LogP contribution in [-0.4, -0.2) is 42.6 Å². The number of likely N-dealkylation sites (tertiary alicyclic amines) is 1. The lowest BCUT2D eigenvalue weighted by molar-refractivity contribution is -0.144. The van der Waals surface area contributed by atoms with E-state index in [9.17, 15) is 18.4 Å². The second kappa shape index (κ2) is 8.61. The van der Waals surface area contributed by atoms with Gasteiger partial charge in [0.05, 0.1) is 13.0 Å². The molecular weight excluding hydrogens is 320 g/mol. The fourth-order valence-electron chi connectivity index (χ4n) is 2.84. The maximum Gasteiger partial charge on any atom is 0.387 e. The molecular formula is C17H21F2NO4. The van der Waals surface area contributed by atoms with Crippen molar-refractivity contribution in [1.82, 2.24) is 4.90 Å². The van der Waals surface area contributed by atoms with Crippen LogP contribution in [0.1, 0.15) is 43.0 Å². The Bertz CT molecular complexity index is 562. The Kier molecular flexibility index (Phi) is 6.52. The summed E-state index contributed by atoms with van der Waals surface area (Å²) in [5.74, 6) is -0.529. The number of piperidine rings is 1. The van der Waals surface area contributed by atoms with Crippen molar-refractivity contribution >= 4 is 11.9 Å². The van der Waals surface area contributed by atoms with Crippen LogP contribution >= 0.6 is 0 Å². The van der Waals surface area contributed by atoms with E-state index in [2.05, 4.69) is 4.74 Å². The minimum absolute atomic E-state index is 0.00303. The molecule has 1 amide bonds. The van der Waals surface area contributed by atoms with Crippen LogP contribution in [0.4, 0.5) is 8.78 Å². The highest BCUT2D eigenvalue weighted by atomic mass is 19.3. The van der Waals surface area contributed by atoms with Gasteiger partial charge in [-0.3, -0.25) is 9.59 Å². The lowest BCUT2D eigenvalue weighted by Crippen LogP contribution is -2.44. The van der Waals surface area contributed by atoms with Gasteiger partial charge in [-0.1, -0.05) is 0 Å². The number of halogens is 2. The summed E-state index contributed by atoms with van der Waals surface area (Å²) < 4.78 is 33.6. The predicted octanol–water partition coefficient (Wildman–Crippen LogP) is 3.24. The van der Waals surface area contributed by atoms with Crippen molar-refractivity contribution in [3.05, 3.63) is 29.8 Å². The fourth-order valence-corrected chi connectivity index (χ4v) is 2.84. The number of amides is 1. The van der Waals surface area contributed by atoms with E-state index >= 15 is 0 Å². The van der Waals surface area contributed by atoms with Crippen LogP contribution in [0.2, 0.25) is 0 Å². The summed E-state index contributed by atoms with van der Waals surface area (Å²) >= 11 is 0. The van der Waals surface area contributed by atoms with Crippen LogP contribution in [0, 0.1) is 0 Å². The van der Waals surface area contributed by atoms with Crippen molar-refractivity contribution in [3.63, 3.8) is 0 Å². The average molecular weight is 341 g/mol. The number of carbonyl (C=O) groups excluding carboxylic acids is 2. The van der Waals surface area contributed by atoms with Crippen molar-refractivity contribution in [2.24, 2.45) is 0 Å². The normalized spacial score (nSPS) is 17.7. The standard InChI is InChI=1S/C17H21F2NO4/c1-2-23-15(21)11-13-5-3-4-10-20(13)16(22)12-6-8-14(9-7-12)24-17(18)19/h6-9,13,17H,2-5,10-11H2,1H3. The molecule has 0 radical (unpaired) electrons. The van der Waals surface area contributed by atoms with Gasteiger partial charge in [-0.05, 0) is 50.5 Å². The monoisotopic (exact) mass is 341 g/mol. The van der Waals surface area contributed by atoms with E-state index in [1.807, 2.05) is 0 Å². The van der Waals surface area contributed by atoms with Gasteiger partial charge < -0.3 is 14.4 Å². The van der Waals surface area contributed by atoms with Gasteiger partial charge in [-0.15, -0.1) is 0 Å². The van der Waals surface area contributed by atoms with Gasteiger partial charge >= 0.3 is 12.6 Å². The van der Waals surface area contributed by atoms with E-state index in [1.54, 1.807) is 11.8 Å². The number of nitrogens with zero attached hydrogens (tertiary/aromatic N) is 1. The lowest BCUT2D eigenvalue weighted by Gasteiger charge is -2.35. The number of hydrogen-bond donors (Lipinski definition) is 0. The number of esters is 1. The molecule has 1 saturated heterocycles. The Balaban J connectivity index is 2.06. The molecule has 0 aromatic heterocycles. The summed E-state index contributed by atoms with van der Waals surface area (Å²) in [4.78, 5) is 26.1. The Morgan fingerprint density at radius 2 is 1.96 bits per heavy atom. The van der Waals surface area contributed by atoms with E-state index < -0.39 is 6.61 Å². The molecule has 0 aliphatic carbocycles. The van der Waals surface area contributed by atoms with E-state index in [0.29, 0.717) is 18.7 Å². The molecule has 24 heavy (non-hydrogen) atoms. The van der Waals surface area contributed by atoms with E-state index in [1.165, 1.54) is 24.3 Å². The zero-order valence-electron chi connectivity index (χ0n) is 13.5. The summed E-state index contributed by atoms with van der Waals surface area (Å²) in [6.07, 6.45) is 2.75. The Labute approximate surface area is 139 Å². The second-order valence-electron chi connectivity index (χ2n) is 5.56. The van der Waals surface area contributed by atoms with Gasteiger partial charge in [0.15, 0.2) is 0 Å². The number of benzene rings is 1. The SMILES string of the molecule is CCOC(=O)CC1CCCCN1C(=O)c1ccc(OC(F)F)cc1. The van der Waals surface area contributed by atoms with E-state index in [-0.39, 0.29) is 30.1 Å².